The molecular formula is C18H16N2O3S. The van der Waals surface area contributed by atoms with Gasteiger partial charge in [0, 0.05) is 18.7 Å². The number of amides is 2. The minimum Gasteiger partial charge on any atom is -0.459 e. The van der Waals surface area contributed by atoms with E-state index in [0.29, 0.717) is 18.0 Å². The number of benzene rings is 1. The maximum Gasteiger partial charge on any atom is 0.287 e. The molecule has 2 N–H and O–H groups in total. The van der Waals surface area contributed by atoms with Gasteiger partial charge in [0.05, 0.1) is 11.1 Å². The second kappa shape index (κ2) is 7.61. The molecule has 0 aliphatic heterocycles. The summed E-state index contributed by atoms with van der Waals surface area (Å²) in [4.78, 5) is 24.7. The molecule has 0 unspecified atom stereocenters. The molecule has 3 aromatic rings. The van der Waals surface area contributed by atoms with E-state index < -0.39 is 0 Å². The normalized spacial score (nSPS) is 10.3. The van der Waals surface area contributed by atoms with Crippen molar-refractivity contribution < 1.29 is 14.0 Å². The number of carbonyl (C=O) groups is 2. The molecule has 0 fully saturated rings. The molecule has 0 spiro atoms. The van der Waals surface area contributed by atoms with Crippen LogP contribution in [0.2, 0.25) is 0 Å². The smallest absolute Gasteiger partial charge is 0.287 e. The summed E-state index contributed by atoms with van der Waals surface area (Å²) in [5.41, 5.74) is 1.92. The van der Waals surface area contributed by atoms with Gasteiger partial charge >= 0.3 is 0 Å². The molecule has 3 rings (SSSR count). The van der Waals surface area contributed by atoms with E-state index >= 15 is 0 Å². The Bertz CT molecular complexity index is 810. The van der Waals surface area contributed by atoms with Gasteiger partial charge in [0.1, 0.15) is 0 Å². The molecule has 6 heteroatoms. The van der Waals surface area contributed by atoms with Crippen molar-refractivity contribution in [1.29, 1.82) is 0 Å². The number of hydrogen-bond acceptors (Lipinski definition) is 4. The van der Waals surface area contributed by atoms with Crippen LogP contribution in [0.15, 0.2) is 64.6 Å². The Labute approximate surface area is 143 Å². The van der Waals surface area contributed by atoms with Crippen LogP contribution in [-0.2, 0) is 0 Å². The molecule has 0 saturated carbocycles. The standard InChI is InChI=1S/C18H16N2O3S/c21-17(15-7-4-11-23-15)19-9-10-20-18(22)16-14(8-12-24-16)13-5-2-1-3-6-13/h1-8,11-12H,9-10H2,(H,19,21)(H,20,22). The predicted octanol–water partition coefficient (Wildman–Crippen LogP) is 3.17. The summed E-state index contributed by atoms with van der Waals surface area (Å²) in [6.07, 6.45) is 1.44. The highest BCUT2D eigenvalue weighted by molar-refractivity contribution is 7.12. The van der Waals surface area contributed by atoms with Crippen LogP contribution < -0.4 is 10.6 Å². The maximum atomic E-state index is 12.3. The molecule has 0 bridgehead atoms. The van der Waals surface area contributed by atoms with Crippen molar-refractivity contribution >= 4 is 23.2 Å². The molecule has 0 aliphatic rings. The van der Waals surface area contributed by atoms with Crippen molar-refractivity contribution in [3.8, 4) is 11.1 Å². The van der Waals surface area contributed by atoms with E-state index in [0.717, 1.165) is 11.1 Å². The van der Waals surface area contributed by atoms with E-state index in [9.17, 15) is 9.59 Å². The fourth-order valence-corrected chi connectivity index (χ4v) is 3.09. The molecule has 1 aromatic carbocycles. The van der Waals surface area contributed by atoms with E-state index in [4.69, 9.17) is 4.42 Å². The lowest BCUT2D eigenvalue weighted by molar-refractivity contribution is 0.0912. The van der Waals surface area contributed by atoms with Gasteiger partial charge in [-0.1, -0.05) is 30.3 Å². The quantitative estimate of drug-likeness (QED) is 0.677. The third-order valence-electron chi connectivity index (χ3n) is 3.40. The van der Waals surface area contributed by atoms with E-state index in [1.165, 1.54) is 17.6 Å². The minimum absolute atomic E-state index is 0.142. The molecular weight excluding hydrogens is 324 g/mol. The number of furan rings is 1. The maximum absolute atomic E-state index is 12.3. The lowest BCUT2D eigenvalue weighted by Crippen LogP contribution is -2.34. The molecule has 0 atom stereocenters. The van der Waals surface area contributed by atoms with Crippen LogP contribution in [0.25, 0.3) is 11.1 Å². The number of rotatable bonds is 6. The van der Waals surface area contributed by atoms with Crippen LogP contribution in [0.3, 0.4) is 0 Å². The van der Waals surface area contributed by atoms with Crippen LogP contribution >= 0.6 is 11.3 Å². The number of hydrogen-bond donors (Lipinski definition) is 2. The summed E-state index contributed by atoms with van der Waals surface area (Å²) in [5, 5.41) is 7.41. The Morgan fingerprint density at radius 3 is 2.38 bits per heavy atom. The lowest BCUT2D eigenvalue weighted by Gasteiger charge is -2.07. The topological polar surface area (TPSA) is 71.3 Å². The summed E-state index contributed by atoms with van der Waals surface area (Å²) >= 11 is 1.40. The highest BCUT2D eigenvalue weighted by atomic mass is 32.1. The van der Waals surface area contributed by atoms with Gasteiger partial charge in [-0.05, 0) is 29.1 Å². The molecule has 5 nitrogen and oxygen atoms in total. The number of nitrogens with one attached hydrogen (secondary N) is 2. The molecule has 0 radical (unpaired) electrons. The number of thiophene rings is 1. The number of carbonyl (C=O) groups excluding carboxylic acids is 2. The first-order valence-electron chi connectivity index (χ1n) is 7.48. The first-order valence-corrected chi connectivity index (χ1v) is 8.36. The van der Waals surface area contributed by atoms with Crippen molar-refractivity contribution in [1.82, 2.24) is 10.6 Å². The second-order valence-electron chi connectivity index (χ2n) is 5.02. The van der Waals surface area contributed by atoms with Gasteiger partial charge in [-0.15, -0.1) is 11.3 Å². The van der Waals surface area contributed by atoms with Crippen LogP contribution in [0, 0.1) is 0 Å². The van der Waals surface area contributed by atoms with Gasteiger partial charge in [-0.25, -0.2) is 0 Å². The highest BCUT2D eigenvalue weighted by Gasteiger charge is 2.14. The Morgan fingerprint density at radius 1 is 0.917 bits per heavy atom. The van der Waals surface area contributed by atoms with Gasteiger partial charge in [0.15, 0.2) is 5.76 Å². The van der Waals surface area contributed by atoms with Gasteiger partial charge in [-0.3, -0.25) is 9.59 Å². The Morgan fingerprint density at radius 2 is 1.67 bits per heavy atom. The summed E-state index contributed by atoms with van der Waals surface area (Å²) in [5.74, 6) is -0.183. The van der Waals surface area contributed by atoms with Gasteiger partial charge in [0.25, 0.3) is 11.8 Å². The zero-order valence-electron chi connectivity index (χ0n) is 12.8. The third-order valence-corrected chi connectivity index (χ3v) is 4.31. The molecule has 0 saturated heterocycles. The van der Waals surface area contributed by atoms with Crippen molar-refractivity contribution in [3.63, 3.8) is 0 Å². The van der Waals surface area contributed by atoms with Crippen molar-refractivity contribution in [2.75, 3.05) is 13.1 Å². The Hall–Kier alpha value is -2.86. The van der Waals surface area contributed by atoms with Crippen LogP contribution in [0.1, 0.15) is 20.2 Å². The fourth-order valence-electron chi connectivity index (χ4n) is 2.26. The first kappa shape index (κ1) is 16.0. The molecule has 24 heavy (non-hydrogen) atoms. The van der Waals surface area contributed by atoms with Crippen LogP contribution in [0.5, 0.6) is 0 Å². The molecule has 2 amide bonds. The molecule has 2 heterocycles. The molecule has 0 aliphatic carbocycles. The zero-order valence-corrected chi connectivity index (χ0v) is 13.6. The highest BCUT2D eigenvalue weighted by Crippen LogP contribution is 2.27. The predicted molar refractivity (Wildman–Crippen MR) is 93.1 cm³/mol. The minimum atomic E-state index is -0.296. The second-order valence-corrected chi connectivity index (χ2v) is 5.93. The van der Waals surface area contributed by atoms with E-state index in [1.54, 1.807) is 12.1 Å². The van der Waals surface area contributed by atoms with E-state index in [2.05, 4.69) is 10.6 Å². The van der Waals surface area contributed by atoms with Gasteiger partial charge in [0.2, 0.25) is 0 Å². The monoisotopic (exact) mass is 340 g/mol. The summed E-state index contributed by atoms with van der Waals surface area (Å²) in [7, 11) is 0. The summed E-state index contributed by atoms with van der Waals surface area (Å²) < 4.78 is 5.00. The molecule has 2 aromatic heterocycles. The van der Waals surface area contributed by atoms with Crippen LogP contribution in [-0.4, -0.2) is 24.9 Å². The van der Waals surface area contributed by atoms with Crippen LogP contribution in [0.4, 0.5) is 0 Å². The third kappa shape index (κ3) is 3.72. The largest absolute Gasteiger partial charge is 0.459 e. The van der Waals surface area contributed by atoms with Crippen molar-refractivity contribution in [2.45, 2.75) is 0 Å². The van der Waals surface area contributed by atoms with Gasteiger partial charge in [-0.2, -0.15) is 0 Å². The Kier molecular flexibility index (Phi) is 5.08. The van der Waals surface area contributed by atoms with Crippen molar-refractivity contribution in [2.24, 2.45) is 0 Å². The summed E-state index contributed by atoms with van der Waals surface area (Å²) in [6.45, 7) is 0.675. The van der Waals surface area contributed by atoms with Crippen molar-refractivity contribution in [3.05, 3.63) is 70.8 Å². The van der Waals surface area contributed by atoms with Gasteiger partial charge < -0.3 is 15.1 Å². The first-order chi connectivity index (χ1) is 11.8. The SMILES string of the molecule is O=C(NCCNC(=O)c1sccc1-c1ccccc1)c1ccco1. The summed E-state index contributed by atoms with van der Waals surface area (Å²) in [6, 6.07) is 15.0. The Balaban J connectivity index is 1.53. The zero-order chi connectivity index (χ0) is 16.8. The molecule has 122 valence electrons. The fraction of sp³-hybridized carbons (Fsp3) is 0.111. The van der Waals surface area contributed by atoms with E-state index in [1.807, 2.05) is 41.8 Å². The average molecular weight is 340 g/mol. The lowest BCUT2D eigenvalue weighted by atomic mass is 10.1. The van der Waals surface area contributed by atoms with E-state index in [-0.39, 0.29) is 17.6 Å². The average Bonchev–Trinajstić information content (AvgIpc) is 3.30.